The minimum Gasteiger partial charge on any atom is -0.457 e. The fraction of sp³-hybridized carbons (Fsp3) is 0.770. The summed E-state index contributed by atoms with van der Waals surface area (Å²) in [6.45, 7) is 70.5. The van der Waals surface area contributed by atoms with Crippen molar-refractivity contribution in [2.24, 2.45) is 35.5 Å². The SMILES string of the molecule is CC[C@H](O[Si](C)(C)C(C)(C)C)[C@@H](C)[C@H]1O[C@@H]1C[C@H](C)/C=C/C=C(\C)[C@H]1OC(=O)C[C@H](O[Si](C)(C)C(C)(C)C)CC[C@@](C)(O)[C@@H](O)/C=C/[C@@H]1C.CC[C@H](O[Si](C)(C)C(C)(C)C)[C@@H](C)[C@H]1O[C@@H]1C[C@H](C)/C=C/C=C(\C)[C@H]1OC(=O)C[C@H](O[Si](C)(C)C(C)(C)C)CC[C@@]2(C)OC(c3ccccc3)O[C@H]2/C=C/[C@@H]1C. The van der Waals surface area contributed by atoms with Gasteiger partial charge in [-0.25, -0.2) is 0 Å². The van der Waals surface area contributed by atoms with Gasteiger partial charge in [0.05, 0.1) is 60.7 Å². The molecule has 105 heavy (non-hydrogen) atoms. The minimum absolute atomic E-state index is 0.00279. The first-order valence-electron chi connectivity index (χ1n) is 40.4. The van der Waals surface area contributed by atoms with Gasteiger partial charge in [0.2, 0.25) is 0 Å². The summed E-state index contributed by atoms with van der Waals surface area (Å²) in [6, 6.07) is 10.1. The molecule has 2 N–H and O–H groups in total. The largest absolute Gasteiger partial charge is 0.457 e. The second kappa shape index (κ2) is 37.6. The van der Waals surface area contributed by atoms with Crippen molar-refractivity contribution in [1.82, 2.24) is 0 Å². The summed E-state index contributed by atoms with van der Waals surface area (Å²) in [5.74, 6) is 0.514. The molecule has 1 aromatic carbocycles. The van der Waals surface area contributed by atoms with Gasteiger partial charge in [-0.1, -0.05) is 230 Å². The van der Waals surface area contributed by atoms with E-state index in [1.54, 1.807) is 13.0 Å². The number of hydrogen-bond donors (Lipinski definition) is 2. The van der Waals surface area contributed by atoms with E-state index >= 15 is 0 Å². The number of benzene rings is 1. The van der Waals surface area contributed by atoms with Gasteiger partial charge in [0.1, 0.15) is 24.4 Å². The van der Waals surface area contributed by atoms with Crippen LogP contribution in [0.5, 0.6) is 0 Å². The van der Waals surface area contributed by atoms with Crippen LogP contribution in [0.3, 0.4) is 0 Å². The van der Waals surface area contributed by atoms with Crippen LogP contribution >= 0.6 is 0 Å². The number of aliphatic hydroxyl groups is 2. The first-order chi connectivity index (χ1) is 48.1. The Hall–Kier alpha value is -2.93. The van der Waals surface area contributed by atoms with Gasteiger partial charge in [-0.05, 0) is 175 Å². The number of esters is 2. The number of fused-ring (bicyclic) bond motifs is 1. The molecule has 0 spiro atoms. The average Bonchev–Trinajstić information content (AvgIpc) is 1.40. The first-order valence-corrected chi connectivity index (χ1v) is 52.0. The number of epoxide rings is 2. The summed E-state index contributed by atoms with van der Waals surface area (Å²) in [5, 5.41) is 22.4. The summed E-state index contributed by atoms with van der Waals surface area (Å²) in [5.41, 5.74) is 0.971. The maximum absolute atomic E-state index is 13.8. The number of hydrogen-bond acceptors (Lipinski definition) is 14. The van der Waals surface area contributed by atoms with Crippen LogP contribution in [-0.4, -0.2) is 140 Å². The van der Waals surface area contributed by atoms with E-state index in [0.29, 0.717) is 49.4 Å². The molecule has 0 aliphatic carbocycles. The number of aliphatic hydroxyl groups excluding tert-OH is 1. The van der Waals surface area contributed by atoms with Gasteiger partial charge >= 0.3 is 11.9 Å². The molecule has 0 saturated carbocycles. The number of allylic oxidation sites excluding steroid dienone is 6. The highest BCUT2D eigenvalue weighted by Crippen LogP contribution is 2.48. The Kier molecular flexibility index (Phi) is 33.2. The summed E-state index contributed by atoms with van der Waals surface area (Å²) < 4.78 is 65.6. The quantitative estimate of drug-likeness (QED) is 0.0311. The lowest BCUT2D eigenvalue weighted by atomic mass is 9.89. The molecule has 0 bridgehead atoms. The van der Waals surface area contributed by atoms with Crippen molar-refractivity contribution in [3.63, 3.8) is 0 Å². The fourth-order valence-corrected chi connectivity index (χ4v) is 19.3. The van der Waals surface area contributed by atoms with Crippen molar-refractivity contribution < 1.29 is 65.9 Å². The fourth-order valence-electron chi connectivity index (χ4n) is 13.6. The van der Waals surface area contributed by atoms with E-state index in [9.17, 15) is 19.8 Å². The van der Waals surface area contributed by atoms with E-state index in [1.807, 2.05) is 56.3 Å². The molecule has 5 aliphatic rings. The van der Waals surface area contributed by atoms with Gasteiger partial charge in [-0.15, -0.1) is 0 Å². The standard InChI is InChI=1S/C47H78O7Si2.C40H74O7Si2/c1-17-38(54-56(15,16)46(9,10)11)35(5)43-39(49-43)30-32(2)22-21-23-33(3)42-34(4)26-27-40-47(12,52-44(50-40)36-24-19-18-20-25-36)29-28-37(31-41(48)51-42)53-55(13,14)45(6,7)8;1-17-32(47-49(15,16)39(9,10)11)30(5)37-33(44-37)25-27(2)19-18-20-28(3)36-29(4)21-22-34(41)40(12,43)24-23-31(26-35(42)45-36)46-48(13,14)38(6,7)8/h18-27,32,34-35,37-40,42-44H,17,28-31H2,1-16H3;18-22,27,29-34,36-37,41,43H,17,23-26H2,1-16H3/b22-21+,27-26+,33-23+;19-18+,22-21+,28-20+/t32-,34+,35-,37-,38+,39-,40+,42-,43-,44?,47-;27-,29+,30-,31-,32+,33-,34+,36-,37-,40-/m11/s1. The van der Waals surface area contributed by atoms with Gasteiger partial charge in [-0.3, -0.25) is 9.59 Å². The molecule has 5 heterocycles. The number of ether oxygens (including phenoxy) is 6. The molecule has 5 aliphatic heterocycles. The second-order valence-electron chi connectivity index (χ2n) is 39.0. The lowest BCUT2D eigenvalue weighted by molar-refractivity contribution is -0.152. The monoisotopic (exact) mass is 1530 g/mol. The van der Waals surface area contributed by atoms with E-state index in [1.165, 1.54) is 0 Å². The van der Waals surface area contributed by atoms with Crippen molar-refractivity contribution in [3.8, 4) is 0 Å². The van der Waals surface area contributed by atoms with E-state index < -0.39 is 75.2 Å². The lowest BCUT2D eigenvalue weighted by Gasteiger charge is -2.40. The Morgan fingerprint density at radius 1 is 0.571 bits per heavy atom. The molecule has 3 saturated heterocycles. The molecule has 18 heteroatoms. The molecule has 0 amide bonds. The maximum atomic E-state index is 13.8. The molecule has 3 fully saturated rings. The van der Waals surface area contributed by atoms with Gasteiger partial charge in [0.15, 0.2) is 39.6 Å². The topological polar surface area (TPSA) is 173 Å². The van der Waals surface area contributed by atoms with E-state index in [2.05, 4.69) is 240 Å². The third-order valence-corrected chi connectivity index (χ3v) is 43.4. The summed E-state index contributed by atoms with van der Waals surface area (Å²) in [4.78, 5) is 27.2. The Morgan fingerprint density at radius 2 is 0.952 bits per heavy atom. The number of rotatable bonds is 25. The van der Waals surface area contributed by atoms with Crippen molar-refractivity contribution in [2.45, 2.75) is 394 Å². The number of cyclic esters (lactones) is 2. The van der Waals surface area contributed by atoms with Crippen LogP contribution in [0.25, 0.3) is 0 Å². The highest BCUT2D eigenvalue weighted by atomic mass is 28.4. The molecule has 1 unspecified atom stereocenters. The van der Waals surface area contributed by atoms with Crippen LogP contribution < -0.4 is 0 Å². The predicted molar refractivity (Wildman–Crippen MR) is 442 cm³/mol. The molecular weight excluding hydrogens is 1380 g/mol. The third-order valence-electron chi connectivity index (χ3n) is 25.3. The zero-order chi connectivity index (χ0) is 79.6. The summed E-state index contributed by atoms with van der Waals surface area (Å²) in [6.07, 6.45) is 24.7. The number of carbonyl (C=O) groups excluding carboxylic acids is 2. The lowest BCUT2D eigenvalue weighted by Crippen LogP contribution is -2.46. The Morgan fingerprint density at radius 3 is 1.33 bits per heavy atom. The zero-order valence-corrected chi connectivity index (χ0v) is 76.0. The molecule has 600 valence electrons. The Balaban J connectivity index is 0.000000381. The number of carbonyl (C=O) groups is 2. The molecule has 1 aromatic rings. The smallest absolute Gasteiger partial charge is 0.308 e. The normalized spacial score (nSPS) is 32.3. The van der Waals surface area contributed by atoms with Crippen molar-refractivity contribution in [2.75, 3.05) is 0 Å². The van der Waals surface area contributed by atoms with Gasteiger partial charge < -0.3 is 56.3 Å². The molecule has 21 atom stereocenters. The van der Waals surface area contributed by atoms with Crippen LogP contribution in [0.4, 0.5) is 0 Å². The van der Waals surface area contributed by atoms with Crippen LogP contribution in [0.15, 0.2) is 102 Å². The van der Waals surface area contributed by atoms with Gasteiger partial charge in [0, 0.05) is 41.4 Å². The Labute approximate surface area is 644 Å². The van der Waals surface area contributed by atoms with Crippen molar-refractivity contribution >= 4 is 45.2 Å². The highest BCUT2D eigenvalue weighted by Gasteiger charge is 2.52. The minimum atomic E-state index is -2.20. The predicted octanol–water partition coefficient (Wildman–Crippen LogP) is 21.8. The maximum Gasteiger partial charge on any atom is 0.308 e. The first kappa shape index (κ1) is 92.7. The van der Waals surface area contributed by atoms with Crippen LogP contribution in [-0.2, 0) is 55.7 Å². The summed E-state index contributed by atoms with van der Waals surface area (Å²) in [7, 11) is -8.11. The average molecular weight is 1530 g/mol. The third kappa shape index (κ3) is 26.9. The molecule has 6 rings (SSSR count). The Bertz CT molecular complexity index is 3090. The highest BCUT2D eigenvalue weighted by molar-refractivity contribution is 6.75. The van der Waals surface area contributed by atoms with Crippen molar-refractivity contribution in [3.05, 3.63) is 108 Å². The van der Waals surface area contributed by atoms with E-state index in [-0.39, 0.29) is 106 Å². The molecular formula is C87H152O14Si4. The van der Waals surface area contributed by atoms with Crippen LogP contribution in [0, 0.1) is 35.5 Å². The zero-order valence-electron chi connectivity index (χ0n) is 72.0. The molecule has 0 radical (unpaired) electrons. The van der Waals surface area contributed by atoms with Crippen LogP contribution in [0.2, 0.25) is 72.5 Å². The van der Waals surface area contributed by atoms with Gasteiger partial charge in [0.25, 0.3) is 0 Å². The van der Waals surface area contributed by atoms with Crippen LogP contribution in [0.1, 0.15) is 242 Å². The van der Waals surface area contributed by atoms with E-state index in [4.69, 9.17) is 46.1 Å². The molecule has 14 nitrogen and oxygen atoms in total. The second-order valence-corrected chi connectivity index (χ2v) is 58.0. The molecule has 0 aromatic heterocycles. The van der Waals surface area contributed by atoms with Crippen molar-refractivity contribution in [1.29, 1.82) is 0 Å². The van der Waals surface area contributed by atoms with E-state index in [0.717, 1.165) is 42.4 Å². The van der Waals surface area contributed by atoms with Gasteiger partial charge in [-0.2, -0.15) is 0 Å². The summed E-state index contributed by atoms with van der Waals surface area (Å²) >= 11 is 0.